The zero-order chi connectivity index (χ0) is 18.8. The lowest BCUT2D eigenvalue weighted by atomic mass is 10.0. The van der Waals surface area contributed by atoms with E-state index in [1.54, 1.807) is 30.8 Å². The zero-order valence-corrected chi connectivity index (χ0v) is 16.5. The number of amides is 1. The standard InChI is InChI=1S/C18H23N3O3S2/c1-14-5-6-15(17(22)20-18(12-19)7-10-25-13-18)11-16(14)26(23,24)21-8-3-2-4-9-21/h5-6,11H,2-4,7-10,13H2,1H3,(H,20,22). The summed E-state index contributed by atoms with van der Waals surface area (Å²) in [6.45, 7) is 2.78. The van der Waals surface area contributed by atoms with Crippen molar-refractivity contribution in [2.24, 2.45) is 0 Å². The van der Waals surface area contributed by atoms with E-state index in [-0.39, 0.29) is 10.5 Å². The van der Waals surface area contributed by atoms with Crippen LogP contribution in [0.1, 0.15) is 41.6 Å². The first kappa shape index (κ1) is 19.2. The summed E-state index contributed by atoms with van der Waals surface area (Å²) in [4.78, 5) is 12.8. The Hall–Kier alpha value is -1.56. The average molecular weight is 394 g/mol. The summed E-state index contributed by atoms with van der Waals surface area (Å²) in [6.07, 6.45) is 3.37. The molecule has 2 saturated heterocycles. The fraction of sp³-hybridized carbons (Fsp3) is 0.556. The van der Waals surface area contributed by atoms with Gasteiger partial charge >= 0.3 is 0 Å². The second kappa shape index (κ2) is 7.59. The first-order valence-electron chi connectivity index (χ1n) is 8.80. The van der Waals surface area contributed by atoms with Gasteiger partial charge < -0.3 is 5.32 Å². The lowest BCUT2D eigenvalue weighted by Gasteiger charge is -2.27. The van der Waals surface area contributed by atoms with E-state index in [1.165, 1.54) is 10.4 Å². The third-order valence-electron chi connectivity index (χ3n) is 4.97. The van der Waals surface area contributed by atoms with Crippen LogP contribution >= 0.6 is 11.8 Å². The number of piperidine rings is 1. The maximum Gasteiger partial charge on any atom is 0.252 e. The second-order valence-electron chi connectivity index (χ2n) is 6.90. The normalized spacial score (nSPS) is 24.2. The molecule has 2 heterocycles. The number of hydrogen-bond acceptors (Lipinski definition) is 5. The highest BCUT2D eigenvalue weighted by Gasteiger charge is 2.36. The van der Waals surface area contributed by atoms with Crippen LogP contribution in [0.2, 0.25) is 0 Å². The van der Waals surface area contributed by atoms with E-state index in [0.717, 1.165) is 25.0 Å². The number of nitriles is 1. The first-order chi connectivity index (χ1) is 12.4. The summed E-state index contributed by atoms with van der Waals surface area (Å²) in [5, 5.41) is 12.2. The maximum absolute atomic E-state index is 13.0. The number of hydrogen-bond donors (Lipinski definition) is 1. The third kappa shape index (κ3) is 3.75. The molecule has 0 aliphatic carbocycles. The molecular formula is C18H23N3O3S2. The number of nitrogens with zero attached hydrogens (tertiary/aromatic N) is 2. The number of rotatable bonds is 4. The van der Waals surface area contributed by atoms with Crippen molar-refractivity contribution in [3.63, 3.8) is 0 Å². The lowest BCUT2D eigenvalue weighted by molar-refractivity contribution is 0.0926. The van der Waals surface area contributed by atoms with Gasteiger partial charge in [-0.05, 0) is 49.6 Å². The molecule has 2 fully saturated rings. The molecule has 1 aromatic rings. The molecule has 2 aliphatic heterocycles. The second-order valence-corrected chi connectivity index (χ2v) is 9.91. The van der Waals surface area contributed by atoms with E-state index >= 15 is 0 Å². The van der Waals surface area contributed by atoms with E-state index in [2.05, 4.69) is 11.4 Å². The summed E-state index contributed by atoms with van der Waals surface area (Å²) < 4.78 is 27.5. The molecular weight excluding hydrogens is 370 g/mol. The van der Waals surface area contributed by atoms with Crippen molar-refractivity contribution in [2.45, 2.75) is 43.0 Å². The van der Waals surface area contributed by atoms with E-state index in [9.17, 15) is 18.5 Å². The SMILES string of the molecule is Cc1ccc(C(=O)NC2(C#N)CCSC2)cc1S(=O)(=O)N1CCCCC1. The van der Waals surface area contributed by atoms with Gasteiger partial charge in [-0.25, -0.2) is 8.42 Å². The Morgan fingerprint density at radius 3 is 2.65 bits per heavy atom. The first-order valence-corrected chi connectivity index (χ1v) is 11.4. The fourth-order valence-electron chi connectivity index (χ4n) is 3.33. The summed E-state index contributed by atoms with van der Waals surface area (Å²) >= 11 is 1.63. The molecule has 3 rings (SSSR count). The van der Waals surface area contributed by atoms with Gasteiger partial charge in [0, 0.05) is 24.4 Å². The number of carbonyl (C=O) groups excluding carboxylic acids is 1. The maximum atomic E-state index is 13.0. The van der Waals surface area contributed by atoms with Gasteiger partial charge in [-0.15, -0.1) is 0 Å². The topological polar surface area (TPSA) is 90.3 Å². The lowest BCUT2D eigenvalue weighted by Crippen LogP contribution is -2.47. The minimum Gasteiger partial charge on any atom is -0.333 e. The van der Waals surface area contributed by atoms with Crippen molar-refractivity contribution in [1.82, 2.24) is 9.62 Å². The molecule has 0 saturated carbocycles. The van der Waals surface area contributed by atoms with E-state index in [4.69, 9.17) is 0 Å². The van der Waals surface area contributed by atoms with Crippen LogP contribution in [0.3, 0.4) is 0 Å². The van der Waals surface area contributed by atoms with Gasteiger partial charge in [0.1, 0.15) is 5.54 Å². The van der Waals surface area contributed by atoms with Crippen LogP contribution < -0.4 is 5.32 Å². The Balaban J connectivity index is 1.88. The molecule has 1 aromatic carbocycles. The molecule has 26 heavy (non-hydrogen) atoms. The van der Waals surface area contributed by atoms with Crippen LogP contribution in [-0.2, 0) is 10.0 Å². The number of sulfonamides is 1. The summed E-state index contributed by atoms with van der Waals surface area (Å²) in [5.41, 5.74) is 0.0368. The van der Waals surface area contributed by atoms with Gasteiger partial charge in [-0.2, -0.15) is 21.3 Å². The Morgan fingerprint density at radius 2 is 2.04 bits per heavy atom. The minimum atomic E-state index is -3.61. The van der Waals surface area contributed by atoms with Crippen molar-refractivity contribution in [3.05, 3.63) is 29.3 Å². The van der Waals surface area contributed by atoms with Crippen molar-refractivity contribution in [3.8, 4) is 6.07 Å². The Bertz CT molecular complexity index is 834. The van der Waals surface area contributed by atoms with Crippen LogP contribution in [0.15, 0.2) is 23.1 Å². The Kier molecular flexibility index (Phi) is 5.61. The van der Waals surface area contributed by atoms with Crippen LogP contribution in [0.5, 0.6) is 0 Å². The molecule has 6 nitrogen and oxygen atoms in total. The van der Waals surface area contributed by atoms with Gasteiger partial charge in [-0.1, -0.05) is 12.5 Å². The zero-order valence-electron chi connectivity index (χ0n) is 14.8. The number of benzene rings is 1. The van der Waals surface area contributed by atoms with Gasteiger partial charge in [-0.3, -0.25) is 4.79 Å². The summed E-state index contributed by atoms with van der Waals surface area (Å²) in [7, 11) is -3.61. The predicted molar refractivity (Wildman–Crippen MR) is 102 cm³/mol. The average Bonchev–Trinajstić information content (AvgIpc) is 3.11. The molecule has 1 N–H and O–H groups in total. The highest BCUT2D eigenvalue weighted by atomic mass is 32.2. The van der Waals surface area contributed by atoms with Gasteiger partial charge in [0.2, 0.25) is 10.0 Å². The van der Waals surface area contributed by atoms with E-state index in [0.29, 0.717) is 30.8 Å². The molecule has 0 radical (unpaired) electrons. The Morgan fingerprint density at radius 1 is 1.31 bits per heavy atom. The number of carbonyl (C=O) groups is 1. The smallest absolute Gasteiger partial charge is 0.252 e. The molecule has 0 bridgehead atoms. The van der Waals surface area contributed by atoms with Crippen molar-refractivity contribution >= 4 is 27.7 Å². The van der Waals surface area contributed by atoms with E-state index in [1.807, 2.05) is 0 Å². The van der Waals surface area contributed by atoms with Crippen molar-refractivity contribution < 1.29 is 13.2 Å². The predicted octanol–water partition coefficient (Wildman–Crippen LogP) is 2.30. The van der Waals surface area contributed by atoms with Crippen molar-refractivity contribution in [1.29, 1.82) is 5.26 Å². The number of aryl methyl sites for hydroxylation is 1. The summed E-state index contributed by atoms with van der Waals surface area (Å²) in [5.74, 6) is 0.986. The molecule has 1 amide bonds. The van der Waals surface area contributed by atoms with E-state index < -0.39 is 21.5 Å². The molecule has 8 heteroatoms. The van der Waals surface area contributed by atoms with Gasteiger partial charge in [0.05, 0.1) is 11.0 Å². The quantitative estimate of drug-likeness (QED) is 0.848. The van der Waals surface area contributed by atoms with Gasteiger partial charge in [0.25, 0.3) is 5.91 Å². The largest absolute Gasteiger partial charge is 0.333 e. The molecule has 1 unspecified atom stereocenters. The minimum absolute atomic E-state index is 0.179. The van der Waals surface area contributed by atoms with Crippen LogP contribution in [0.4, 0.5) is 0 Å². The Labute approximate surface area is 159 Å². The highest BCUT2D eigenvalue weighted by Crippen LogP contribution is 2.28. The van der Waals surface area contributed by atoms with Crippen LogP contribution in [0.25, 0.3) is 0 Å². The fourth-order valence-corrected chi connectivity index (χ4v) is 6.37. The molecule has 2 aliphatic rings. The number of thioether (sulfide) groups is 1. The molecule has 1 atom stereocenters. The molecule has 140 valence electrons. The molecule has 0 spiro atoms. The molecule has 0 aromatic heterocycles. The van der Waals surface area contributed by atoms with Crippen LogP contribution in [-0.4, -0.2) is 48.8 Å². The van der Waals surface area contributed by atoms with Crippen LogP contribution in [0, 0.1) is 18.3 Å². The number of nitrogens with one attached hydrogen (secondary N) is 1. The highest BCUT2D eigenvalue weighted by molar-refractivity contribution is 7.99. The monoisotopic (exact) mass is 393 g/mol. The summed E-state index contributed by atoms with van der Waals surface area (Å²) in [6, 6.07) is 6.93. The van der Waals surface area contributed by atoms with Gasteiger partial charge in [0.15, 0.2) is 0 Å². The third-order valence-corrected chi connectivity index (χ3v) is 8.20. The van der Waals surface area contributed by atoms with Crippen molar-refractivity contribution in [2.75, 3.05) is 24.6 Å².